The van der Waals surface area contributed by atoms with Gasteiger partial charge in [0.2, 0.25) is 0 Å². The van der Waals surface area contributed by atoms with Gasteiger partial charge in [0.25, 0.3) is 5.69 Å². The molecule has 0 aliphatic heterocycles. The molecule has 0 saturated carbocycles. The highest BCUT2D eigenvalue weighted by Crippen LogP contribution is 2.27. The second-order valence-electron chi connectivity index (χ2n) is 4.92. The Morgan fingerprint density at radius 3 is 2.52 bits per heavy atom. The lowest BCUT2D eigenvalue weighted by atomic mass is 10.0. The van der Waals surface area contributed by atoms with E-state index in [4.69, 9.17) is 10.2 Å². The quantitative estimate of drug-likeness (QED) is 0.526. The topological polar surface area (TPSA) is 113 Å². The van der Waals surface area contributed by atoms with Crippen molar-refractivity contribution in [2.45, 2.75) is 26.3 Å². The van der Waals surface area contributed by atoms with Crippen LogP contribution in [0.4, 0.5) is 15.8 Å². The summed E-state index contributed by atoms with van der Waals surface area (Å²) in [5.74, 6) is -2.36. The molecule has 0 saturated heterocycles. The van der Waals surface area contributed by atoms with Crippen molar-refractivity contribution in [3.05, 3.63) is 33.6 Å². The van der Waals surface area contributed by atoms with Crippen molar-refractivity contribution in [2.75, 3.05) is 11.9 Å². The maximum atomic E-state index is 13.9. The zero-order chi connectivity index (χ0) is 16.2. The molecule has 0 aromatic heterocycles. The molecule has 0 aliphatic carbocycles. The minimum atomic E-state index is -1.51. The number of nitrogens with zero attached hydrogens (tertiary/aromatic N) is 1. The van der Waals surface area contributed by atoms with Gasteiger partial charge in [0, 0.05) is 12.6 Å². The van der Waals surface area contributed by atoms with Gasteiger partial charge in [-0.1, -0.05) is 13.8 Å². The monoisotopic (exact) mass is 300 g/mol. The molecule has 1 aromatic carbocycles. The number of halogens is 1. The standard InChI is InChI=1S/C13H17FN2O5/c1-7(2)10(3-4-17)15-11-5-8(13(18)19)12(16(20)21)6-9(11)14/h5-7,10,15,17H,3-4H2,1-2H3,(H,18,19). The molecule has 0 radical (unpaired) electrons. The van der Waals surface area contributed by atoms with Crippen molar-refractivity contribution >= 4 is 17.3 Å². The van der Waals surface area contributed by atoms with Crippen molar-refractivity contribution < 1.29 is 24.3 Å². The van der Waals surface area contributed by atoms with Gasteiger partial charge < -0.3 is 15.5 Å². The van der Waals surface area contributed by atoms with Gasteiger partial charge >= 0.3 is 5.97 Å². The molecule has 21 heavy (non-hydrogen) atoms. The Balaban J connectivity index is 3.22. The van der Waals surface area contributed by atoms with Gasteiger partial charge in [-0.3, -0.25) is 10.1 Å². The van der Waals surface area contributed by atoms with Crippen LogP contribution >= 0.6 is 0 Å². The zero-order valence-electron chi connectivity index (χ0n) is 11.7. The molecule has 1 atom stereocenters. The molecule has 0 bridgehead atoms. The van der Waals surface area contributed by atoms with Crippen LogP contribution < -0.4 is 5.32 Å². The van der Waals surface area contributed by atoms with Crippen molar-refractivity contribution in [3.63, 3.8) is 0 Å². The average molecular weight is 300 g/mol. The summed E-state index contributed by atoms with van der Waals surface area (Å²) < 4.78 is 13.9. The number of rotatable bonds is 7. The first-order chi connectivity index (χ1) is 9.77. The lowest BCUT2D eigenvalue weighted by molar-refractivity contribution is -0.385. The van der Waals surface area contributed by atoms with Crippen LogP contribution in [0.3, 0.4) is 0 Å². The van der Waals surface area contributed by atoms with Crippen molar-refractivity contribution in [2.24, 2.45) is 5.92 Å². The number of hydrogen-bond acceptors (Lipinski definition) is 5. The van der Waals surface area contributed by atoms with Crippen LogP contribution in [0.1, 0.15) is 30.6 Å². The van der Waals surface area contributed by atoms with Crippen LogP contribution in [-0.4, -0.2) is 33.8 Å². The molecular weight excluding hydrogens is 283 g/mol. The van der Waals surface area contributed by atoms with Crippen LogP contribution in [0.15, 0.2) is 12.1 Å². The van der Waals surface area contributed by atoms with Gasteiger partial charge in [-0.15, -0.1) is 0 Å². The average Bonchev–Trinajstić information content (AvgIpc) is 2.39. The summed E-state index contributed by atoms with van der Waals surface area (Å²) in [6.07, 6.45) is 0.344. The number of nitro groups is 1. The summed E-state index contributed by atoms with van der Waals surface area (Å²) in [5.41, 5.74) is -1.52. The van der Waals surface area contributed by atoms with Crippen molar-refractivity contribution in [3.8, 4) is 0 Å². The Bertz CT molecular complexity index is 548. The Labute approximate surface area is 120 Å². The minimum absolute atomic E-state index is 0.0556. The number of carboxylic acids is 1. The van der Waals surface area contributed by atoms with E-state index in [2.05, 4.69) is 5.32 Å². The summed E-state index contributed by atoms with van der Waals surface area (Å²) in [4.78, 5) is 20.8. The summed E-state index contributed by atoms with van der Waals surface area (Å²) in [7, 11) is 0. The molecule has 0 fully saturated rings. The summed E-state index contributed by atoms with van der Waals surface area (Å²) in [6.45, 7) is 3.60. The van der Waals surface area contributed by atoms with Crippen LogP contribution in [0.25, 0.3) is 0 Å². The van der Waals surface area contributed by atoms with E-state index in [-0.39, 0.29) is 24.3 Å². The predicted molar refractivity (Wildman–Crippen MR) is 74.0 cm³/mol. The highest BCUT2D eigenvalue weighted by Gasteiger charge is 2.24. The van der Waals surface area contributed by atoms with E-state index in [0.29, 0.717) is 12.5 Å². The Morgan fingerprint density at radius 1 is 1.48 bits per heavy atom. The summed E-state index contributed by atoms with van der Waals surface area (Å²) >= 11 is 0. The molecule has 1 rings (SSSR count). The van der Waals surface area contributed by atoms with E-state index in [9.17, 15) is 19.3 Å². The Kier molecular flexibility index (Phi) is 5.60. The van der Waals surface area contributed by atoms with Crippen LogP contribution in [0.2, 0.25) is 0 Å². The molecule has 8 heteroatoms. The second-order valence-corrected chi connectivity index (χ2v) is 4.92. The zero-order valence-corrected chi connectivity index (χ0v) is 11.7. The molecule has 3 N–H and O–H groups in total. The molecule has 116 valence electrons. The fraction of sp³-hybridized carbons (Fsp3) is 0.462. The maximum Gasteiger partial charge on any atom is 0.342 e. The number of carboxylic acid groups (broad SMARTS) is 1. The van der Waals surface area contributed by atoms with Crippen LogP contribution in [-0.2, 0) is 0 Å². The number of nitro benzene ring substituents is 1. The molecular formula is C13H17FN2O5. The number of aromatic carboxylic acids is 1. The number of aliphatic hydroxyl groups excluding tert-OH is 1. The molecule has 1 unspecified atom stereocenters. The number of benzene rings is 1. The van der Waals surface area contributed by atoms with E-state index in [1.807, 2.05) is 13.8 Å². The second kappa shape index (κ2) is 6.98. The first-order valence-corrected chi connectivity index (χ1v) is 6.36. The molecule has 0 aliphatic rings. The third-order valence-corrected chi connectivity index (χ3v) is 3.10. The Morgan fingerprint density at radius 2 is 2.10 bits per heavy atom. The lowest BCUT2D eigenvalue weighted by Gasteiger charge is -2.23. The fourth-order valence-electron chi connectivity index (χ4n) is 1.91. The molecule has 0 amide bonds. The van der Waals surface area contributed by atoms with E-state index in [1.165, 1.54) is 0 Å². The fourth-order valence-corrected chi connectivity index (χ4v) is 1.91. The van der Waals surface area contributed by atoms with E-state index in [0.717, 1.165) is 6.07 Å². The van der Waals surface area contributed by atoms with Gasteiger partial charge in [-0.05, 0) is 18.4 Å². The third-order valence-electron chi connectivity index (χ3n) is 3.10. The first-order valence-electron chi connectivity index (χ1n) is 6.36. The largest absolute Gasteiger partial charge is 0.477 e. The smallest absolute Gasteiger partial charge is 0.342 e. The highest BCUT2D eigenvalue weighted by molar-refractivity contribution is 5.93. The van der Waals surface area contributed by atoms with E-state index >= 15 is 0 Å². The molecule has 0 heterocycles. The molecule has 7 nitrogen and oxygen atoms in total. The van der Waals surface area contributed by atoms with Crippen LogP contribution in [0.5, 0.6) is 0 Å². The normalized spacial score (nSPS) is 12.2. The van der Waals surface area contributed by atoms with Gasteiger partial charge in [0.05, 0.1) is 16.7 Å². The number of nitrogens with one attached hydrogen (secondary N) is 1. The van der Waals surface area contributed by atoms with Crippen LogP contribution in [0, 0.1) is 21.8 Å². The first kappa shape index (κ1) is 16.8. The van der Waals surface area contributed by atoms with Gasteiger partial charge in [-0.2, -0.15) is 0 Å². The number of hydrogen-bond donors (Lipinski definition) is 3. The SMILES string of the molecule is CC(C)C(CCO)Nc1cc(C(=O)O)c([N+](=O)[O-])cc1F. The third kappa shape index (κ3) is 4.12. The maximum absolute atomic E-state index is 13.9. The predicted octanol–water partition coefficient (Wildman–Crippen LogP) is 2.25. The van der Waals surface area contributed by atoms with Gasteiger partial charge in [0.1, 0.15) is 5.56 Å². The lowest BCUT2D eigenvalue weighted by Crippen LogP contribution is -2.27. The van der Waals surface area contributed by atoms with Gasteiger partial charge in [-0.25, -0.2) is 9.18 Å². The van der Waals surface area contributed by atoms with Crippen molar-refractivity contribution in [1.82, 2.24) is 0 Å². The minimum Gasteiger partial charge on any atom is -0.477 e. The number of anilines is 1. The van der Waals surface area contributed by atoms with Crippen molar-refractivity contribution in [1.29, 1.82) is 0 Å². The van der Waals surface area contributed by atoms with E-state index < -0.39 is 28.0 Å². The van der Waals surface area contributed by atoms with E-state index in [1.54, 1.807) is 0 Å². The summed E-state index contributed by atoms with van der Waals surface area (Å²) in [5, 5.41) is 31.5. The number of aliphatic hydroxyl groups is 1. The highest BCUT2D eigenvalue weighted by atomic mass is 19.1. The molecule has 1 aromatic rings. The number of carbonyl (C=O) groups is 1. The summed E-state index contributed by atoms with van der Waals surface area (Å²) in [6, 6.07) is 1.21. The molecule has 0 spiro atoms. The van der Waals surface area contributed by atoms with Gasteiger partial charge in [0.15, 0.2) is 5.82 Å². The Hall–Kier alpha value is -2.22.